The van der Waals surface area contributed by atoms with E-state index in [0.717, 1.165) is 6.54 Å². The predicted octanol–water partition coefficient (Wildman–Crippen LogP) is 1.54. The normalized spacial score (nSPS) is 23.3. The third-order valence-electron chi connectivity index (χ3n) is 3.85. The van der Waals surface area contributed by atoms with Crippen molar-refractivity contribution in [2.45, 2.75) is 0 Å². The highest BCUT2D eigenvalue weighted by Gasteiger charge is 2.31. The molecule has 2 heterocycles. The summed E-state index contributed by atoms with van der Waals surface area (Å²) in [5, 5.41) is 2.70. The summed E-state index contributed by atoms with van der Waals surface area (Å²) in [7, 11) is 0. The summed E-state index contributed by atoms with van der Waals surface area (Å²) in [4.78, 5) is 0. The molecule has 1 unspecified atom stereocenters. The second-order valence-electron chi connectivity index (χ2n) is 4.82. The highest BCUT2D eigenvalue weighted by molar-refractivity contribution is 5.68. The number of benzene rings is 1. The van der Waals surface area contributed by atoms with E-state index in [1.807, 2.05) is 0 Å². The van der Waals surface area contributed by atoms with Gasteiger partial charge in [-0.1, -0.05) is 42.5 Å². The third kappa shape index (κ3) is 1.25. The Morgan fingerprint density at radius 1 is 1.06 bits per heavy atom. The van der Waals surface area contributed by atoms with Crippen LogP contribution in [0.1, 0.15) is 0 Å². The zero-order valence-electron chi connectivity index (χ0n) is 10.1. The molecule has 0 bridgehead atoms. The molecule has 0 radical (unpaired) electrons. The molecule has 1 nitrogen and oxygen atoms in total. The second-order valence-corrected chi connectivity index (χ2v) is 4.82. The Bertz CT molecular complexity index is 742. The van der Waals surface area contributed by atoms with Gasteiger partial charge in [-0.15, -0.1) is 0 Å². The maximum atomic E-state index is 2.42. The van der Waals surface area contributed by atoms with Gasteiger partial charge < -0.3 is 0 Å². The zero-order chi connectivity index (χ0) is 11.9. The van der Waals surface area contributed by atoms with Crippen molar-refractivity contribution in [2.24, 2.45) is 5.92 Å². The Morgan fingerprint density at radius 2 is 2.00 bits per heavy atom. The molecule has 3 aliphatic rings. The molecule has 0 spiro atoms. The van der Waals surface area contributed by atoms with Gasteiger partial charge in [0, 0.05) is 12.1 Å². The lowest BCUT2D eigenvalue weighted by molar-refractivity contribution is 0.653. The van der Waals surface area contributed by atoms with E-state index in [0.29, 0.717) is 5.92 Å². The maximum Gasteiger partial charge on any atom is 0.213 e. The lowest BCUT2D eigenvalue weighted by Gasteiger charge is -2.22. The van der Waals surface area contributed by atoms with Crippen molar-refractivity contribution in [3.05, 3.63) is 83.1 Å². The van der Waals surface area contributed by atoms with Gasteiger partial charge in [0.2, 0.25) is 5.36 Å². The van der Waals surface area contributed by atoms with E-state index in [4.69, 9.17) is 0 Å². The lowest BCUT2D eigenvalue weighted by atomic mass is 9.86. The van der Waals surface area contributed by atoms with Gasteiger partial charge in [0.15, 0.2) is 12.2 Å². The summed E-state index contributed by atoms with van der Waals surface area (Å²) < 4.78 is 2.42. The minimum Gasteiger partial charge on any atom is -0.191 e. The number of nitrogens with zero attached hydrogens (tertiary/aromatic N) is 1. The van der Waals surface area contributed by atoms with Crippen LogP contribution in [-0.4, -0.2) is 6.54 Å². The Balaban J connectivity index is 2.20. The van der Waals surface area contributed by atoms with Crippen LogP contribution in [0.4, 0.5) is 0 Å². The van der Waals surface area contributed by atoms with Crippen LogP contribution in [-0.2, 0) is 0 Å². The summed E-state index contributed by atoms with van der Waals surface area (Å²) in [5.74, 6) is 0.412. The summed E-state index contributed by atoms with van der Waals surface area (Å²) in [6.07, 6.45) is 15.5. The average Bonchev–Trinajstić information content (AvgIpc) is 2.48. The van der Waals surface area contributed by atoms with Crippen molar-refractivity contribution in [2.75, 3.05) is 6.54 Å². The van der Waals surface area contributed by atoms with E-state index in [9.17, 15) is 0 Å². The molecule has 0 amide bonds. The largest absolute Gasteiger partial charge is 0.213 e. The van der Waals surface area contributed by atoms with Crippen LogP contribution in [0.25, 0.3) is 5.57 Å². The molecular formula is C17H14N+. The van der Waals surface area contributed by atoms with Gasteiger partial charge in [-0.05, 0) is 17.7 Å². The van der Waals surface area contributed by atoms with Crippen molar-refractivity contribution >= 4 is 5.57 Å². The van der Waals surface area contributed by atoms with Crippen LogP contribution in [0.15, 0.2) is 72.5 Å². The van der Waals surface area contributed by atoms with Crippen LogP contribution in [0.5, 0.6) is 0 Å². The van der Waals surface area contributed by atoms with E-state index < -0.39 is 0 Å². The zero-order valence-corrected chi connectivity index (χ0v) is 10.1. The van der Waals surface area contributed by atoms with Crippen LogP contribution < -0.4 is 15.2 Å². The molecule has 86 valence electrons. The fraction of sp³-hybridized carbons (Fsp3) is 0.118. The Labute approximate surface area is 106 Å². The molecule has 0 aromatic heterocycles. The van der Waals surface area contributed by atoms with Crippen molar-refractivity contribution in [3.63, 3.8) is 0 Å². The van der Waals surface area contributed by atoms with Gasteiger partial charge in [-0.25, -0.2) is 0 Å². The van der Waals surface area contributed by atoms with Crippen molar-refractivity contribution < 1.29 is 0 Å². The molecule has 0 N–H and O–H groups in total. The smallest absolute Gasteiger partial charge is 0.191 e. The van der Waals surface area contributed by atoms with E-state index in [1.165, 1.54) is 21.8 Å². The molecule has 18 heavy (non-hydrogen) atoms. The molecule has 1 heteroatoms. The molecule has 1 aromatic carbocycles. The molecule has 1 aliphatic carbocycles. The van der Waals surface area contributed by atoms with Crippen LogP contribution in [0.3, 0.4) is 0 Å². The molecular weight excluding hydrogens is 218 g/mol. The number of para-hydroxylation sites is 1. The molecule has 0 saturated carbocycles. The van der Waals surface area contributed by atoms with Gasteiger partial charge in [-0.2, -0.15) is 4.58 Å². The van der Waals surface area contributed by atoms with Gasteiger partial charge in [0.05, 0.1) is 11.1 Å². The average molecular weight is 232 g/mol. The molecule has 1 aromatic rings. The molecule has 4 rings (SSSR count). The summed E-state index contributed by atoms with van der Waals surface area (Å²) in [6, 6.07) is 8.70. The first-order chi connectivity index (χ1) is 8.95. The van der Waals surface area contributed by atoms with E-state index in [-0.39, 0.29) is 0 Å². The summed E-state index contributed by atoms with van der Waals surface area (Å²) in [5.41, 5.74) is 2.82. The van der Waals surface area contributed by atoms with Gasteiger partial charge in [-0.3, -0.25) is 0 Å². The highest BCUT2D eigenvalue weighted by atomic mass is 15.0. The van der Waals surface area contributed by atoms with E-state index in [1.54, 1.807) is 0 Å². The fourth-order valence-electron chi connectivity index (χ4n) is 3.05. The van der Waals surface area contributed by atoms with Gasteiger partial charge in [0.1, 0.15) is 0 Å². The van der Waals surface area contributed by atoms with Crippen molar-refractivity contribution in [1.82, 2.24) is 4.58 Å². The number of hydrogen-bond donors (Lipinski definition) is 0. The van der Waals surface area contributed by atoms with Crippen LogP contribution >= 0.6 is 0 Å². The molecule has 2 aliphatic heterocycles. The first-order valence-electron chi connectivity index (χ1n) is 6.40. The maximum absolute atomic E-state index is 2.42. The lowest BCUT2D eigenvalue weighted by Crippen LogP contribution is -2.47. The van der Waals surface area contributed by atoms with Crippen LogP contribution in [0.2, 0.25) is 0 Å². The first kappa shape index (κ1) is 9.84. The minimum atomic E-state index is 0.412. The number of hydrogen-bond acceptors (Lipinski definition) is 0. The number of allylic oxidation sites excluding steroid dienone is 6. The van der Waals surface area contributed by atoms with E-state index in [2.05, 4.69) is 71.4 Å². The van der Waals surface area contributed by atoms with E-state index >= 15 is 0 Å². The molecule has 0 saturated heterocycles. The fourth-order valence-corrected chi connectivity index (χ4v) is 3.05. The third-order valence-corrected chi connectivity index (χ3v) is 3.85. The monoisotopic (exact) mass is 232 g/mol. The molecule has 1 atom stereocenters. The standard InChI is InChI=1S/C17H14N/c1-2-8-14-13(7-1)15-9-3-4-10-16(15)18-12-6-5-11-17(14)18/h1-11,14H,12H2/q+1. The second kappa shape index (κ2) is 3.67. The highest BCUT2D eigenvalue weighted by Crippen LogP contribution is 2.28. The minimum absolute atomic E-state index is 0.412. The first-order valence-corrected chi connectivity index (χ1v) is 6.40. The van der Waals surface area contributed by atoms with Crippen molar-refractivity contribution in [3.8, 4) is 0 Å². The van der Waals surface area contributed by atoms with Crippen LogP contribution in [0, 0.1) is 5.92 Å². The molecule has 0 fully saturated rings. The van der Waals surface area contributed by atoms with Crippen molar-refractivity contribution in [1.29, 1.82) is 0 Å². The number of fused-ring (bicyclic) bond motifs is 4. The predicted molar refractivity (Wildman–Crippen MR) is 74.2 cm³/mol. The SMILES string of the molecule is C1=CC[N+]2=c3ccccc3=C3C=CC=CC3C2=C1. The quantitative estimate of drug-likeness (QED) is 0.597. The van der Waals surface area contributed by atoms with Gasteiger partial charge in [0.25, 0.3) is 0 Å². The Morgan fingerprint density at radius 3 is 3.00 bits per heavy atom. The summed E-state index contributed by atoms with van der Waals surface area (Å²) >= 11 is 0. The summed E-state index contributed by atoms with van der Waals surface area (Å²) in [6.45, 7) is 0.976. The topological polar surface area (TPSA) is 3.01 Å². The Kier molecular flexibility index (Phi) is 2.01. The van der Waals surface area contributed by atoms with Gasteiger partial charge >= 0.3 is 0 Å². The Hall–Kier alpha value is -2.15. The number of rotatable bonds is 0.